The monoisotopic (exact) mass is 212 g/mol. The van der Waals surface area contributed by atoms with Gasteiger partial charge in [0.15, 0.2) is 0 Å². The summed E-state index contributed by atoms with van der Waals surface area (Å²) in [6, 6.07) is 0. The highest BCUT2D eigenvalue weighted by Crippen LogP contribution is 2.46. The standard InChI is InChI=1S/C12H20O3/c13-11(14)4-3-10-6-9-2-1-5-12(15,7-9)8-10/h9-10,15H,1-8H2,(H,13,14). The third-order valence-corrected chi connectivity index (χ3v) is 4.02. The van der Waals surface area contributed by atoms with Crippen molar-refractivity contribution < 1.29 is 15.0 Å². The van der Waals surface area contributed by atoms with Crippen LogP contribution < -0.4 is 0 Å². The Morgan fingerprint density at radius 1 is 1.40 bits per heavy atom. The molecule has 2 rings (SSSR count). The molecule has 0 heterocycles. The molecule has 3 heteroatoms. The molecule has 2 saturated carbocycles. The highest BCUT2D eigenvalue weighted by atomic mass is 16.4. The fraction of sp³-hybridized carbons (Fsp3) is 0.917. The molecule has 0 aromatic rings. The second kappa shape index (κ2) is 4.12. The zero-order chi connectivity index (χ0) is 10.9. The van der Waals surface area contributed by atoms with E-state index in [1.807, 2.05) is 0 Å². The van der Waals surface area contributed by atoms with Crippen molar-refractivity contribution in [2.75, 3.05) is 0 Å². The topological polar surface area (TPSA) is 57.5 Å². The lowest BCUT2D eigenvalue weighted by Gasteiger charge is -2.45. The molecule has 2 aliphatic rings. The van der Waals surface area contributed by atoms with Crippen LogP contribution in [-0.4, -0.2) is 21.8 Å². The van der Waals surface area contributed by atoms with Gasteiger partial charge >= 0.3 is 5.97 Å². The van der Waals surface area contributed by atoms with Crippen molar-refractivity contribution in [3.63, 3.8) is 0 Å². The average Bonchev–Trinajstić information content (AvgIpc) is 2.13. The molecule has 0 aromatic carbocycles. The van der Waals surface area contributed by atoms with Crippen LogP contribution >= 0.6 is 0 Å². The Morgan fingerprint density at radius 2 is 2.20 bits per heavy atom. The Morgan fingerprint density at radius 3 is 2.87 bits per heavy atom. The van der Waals surface area contributed by atoms with Gasteiger partial charge in [-0.15, -0.1) is 0 Å². The van der Waals surface area contributed by atoms with Crippen LogP contribution in [0.25, 0.3) is 0 Å². The van der Waals surface area contributed by atoms with E-state index < -0.39 is 11.6 Å². The molecule has 0 radical (unpaired) electrons. The van der Waals surface area contributed by atoms with Gasteiger partial charge in [-0.1, -0.05) is 12.8 Å². The van der Waals surface area contributed by atoms with E-state index in [0.717, 1.165) is 38.5 Å². The normalized spacial score (nSPS) is 40.1. The van der Waals surface area contributed by atoms with Crippen LogP contribution in [0.3, 0.4) is 0 Å². The van der Waals surface area contributed by atoms with E-state index in [1.165, 1.54) is 6.42 Å². The summed E-state index contributed by atoms with van der Waals surface area (Å²) in [5.74, 6) is 0.374. The van der Waals surface area contributed by atoms with Crippen molar-refractivity contribution in [3.8, 4) is 0 Å². The van der Waals surface area contributed by atoms with Gasteiger partial charge in [0, 0.05) is 6.42 Å². The molecule has 3 unspecified atom stereocenters. The SMILES string of the molecule is O=C(O)CCC1CC2CCCC(O)(C2)C1. The van der Waals surface area contributed by atoms with E-state index in [1.54, 1.807) is 0 Å². The lowest BCUT2D eigenvalue weighted by atomic mass is 9.64. The first-order chi connectivity index (χ1) is 7.07. The van der Waals surface area contributed by atoms with Crippen molar-refractivity contribution in [3.05, 3.63) is 0 Å². The lowest BCUT2D eigenvalue weighted by molar-refractivity contribution is -0.138. The second-order valence-corrected chi connectivity index (χ2v) is 5.42. The van der Waals surface area contributed by atoms with E-state index in [0.29, 0.717) is 11.8 Å². The minimum absolute atomic E-state index is 0.257. The van der Waals surface area contributed by atoms with Gasteiger partial charge < -0.3 is 10.2 Å². The van der Waals surface area contributed by atoms with E-state index in [4.69, 9.17) is 5.11 Å². The molecule has 0 amide bonds. The number of carboxylic acids is 1. The first-order valence-corrected chi connectivity index (χ1v) is 6.02. The second-order valence-electron chi connectivity index (χ2n) is 5.42. The van der Waals surface area contributed by atoms with Gasteiger partial charge in [0.25, 0.3) is 0 Å². The van der Waals surface area contributed by atoms with Crippen LogP contribution in [0.2, 0.25) is 0 Å². The van der Waals surface area contributed by atoms with E-state index >= 15 is 0 Å². The van der Waals surface area contributed by atoms with Gasteiger partial charge in [0.2, 0.25) is 0 Å². The number of hydrogen-bond acceptors (Lipinski definition) is 2. The molecular weight excluding hydrogens is 192 g/mol. The highest BCUT2D eigenvalue weighted by Gasteiger charge is 2.41. The van der Waals surface area contributed by atoms with Crippen molar-refractivity contribution in [2.45, 2.75) is 57.0 Å². The largest absolute Gasteiger partial charge is 0.481 e. The number of carboxylic acid groups (broad SMARTS) is 1. The zero-order valence-electron chi connectivity index (χ0n) is 9.11. The number of fused-ring (bicyclic) bond motifs is 2. The predicted molar refractivity (Wildman–Crippen MR) is 56.5 cm³/mol. The summed E-state index contributed by atoms with van der Waals surface area (Å²) >= 11 is 0. The van der Waals surface area contributed by atoms with Crippen LogP contribution in [0.5, 0.6) is 0 Å². The molecule has 15 heavy (non-hydrogen) atoms. The summed E-state index contributed by atoms with van der Waals surface area (Å²) in [6.45, 7) is 0. The fourth-order valence-corrected chi connectivity index (χ4v) is 3.49. The molecule has 2 bridgehead atoms. The summed E-state index contributed by atoms with van der Waals surface area (Å²) in [5.41, 5.74) is -0.454. The molecule has 0 saturated heterocycles. The van der Waals surface area contributed by atoms with Crippen LogP contribution in [0.4, 0.5) is 0 Å². The third-order valence-electron chi connectivity index (χ3n) is 4.02. The maximum atomic E-state index is 10.5. The fourth-order valence-electron chi connectivity index (χ4n) is 3.49. The Labute approximate surface area is 90.5 Å². The van der Waals surface area contributed by atoms with Crippen LogP contribution in [0.15, 0.2) is 0 Å². The first-order valence-electron chi connectivity index (χ1n) is 6.02. The van der Waals surface area contributed by atoms with Gasteiger partial charge in [-0.25, -0.2) is 0 Å². The molecule has 86 valence electrons. The predicted octanol–water partition coefficient (Wildman–Crippen LogP) is 2.18. The quantitative estimate of drug-likeness (QED) is 0.754. The molecule has 0 spiro atoms. The minimum atomic E-state index is -0.710. The number of hydrogen-bond donors (Lipinski definition) is 2. The summed E-state index contributed by atoms with van der Waals surface area (Å²) in [6.07, 6.45) is 7.22. The van der Waals surface area contributed by atoms with Crippen molar-refractivity contribution in [1.29, 1.82) is 0 Å². The molecule has 0 aromatic heterocycles. The molecule has 2 fully saturated rings. The first kappa shape index (κ1) is 10.9. The average molecular weight is 212 g/mol. The molecule has 2 N–H and O–H groups in total. The van der Waals surface area contributed by atoms with Gasteiger partial charge in [-0.2, -0.15) is 0 Å². The van der Waals surface area contributed by atoms with Gasteiger partial charge in [0.1, 0.15) is 0 Å². The zero-order valence-corrected chi connectivity index (χ0v) is 9.11. The van der Waals surface area contributed by atoms with Crippen molar-refractivity contribution in [2.24, 2.45) is 11.8 Å². The summed E-state index contributed by atoms with van der Waals surface area (Å²) in [7, 11) is 0. The summed E-state index contributed by atoms with van der Waals surface area (Å²) < 4.78 is 0. The Hall–Kier alpha value is -0.570. The third kappa shape index (κ3) is 2.71. The van der Waals surface area contributed by atoms with E-state index in [-0.39, 0.29) is 6.42 Å². The lowest BCUT2D eigenvalue weighted by Crippen LogP contribution is -2.42. The van der Waals surface area contributed by atoms with Crippen molar-refractivity contribution in [1.82, 2.24) is 0 Å². The van der Waals surface area contributed by atoms with E-state index in [2.05, 4.69) is 0 Å². The number of aliphatic hydroxyl groups is 1. The number of aliphatic carboxylic acids is 1. The highest BCUT2D eigenvalue weighted by molar-refractivity contribution is 5.66. The van der Waals surface area contributed by atoms with Gasteiger partial charge in [-0.05, 0) is 43.9 Å². The van der Waals surface area contributed by atoms with Crippen LogP contribution in [0, 0.1) is 11.8 Å². The molecule has 0 aliphatic heterocycles. The molecule has 2 aliphatic carbocycles. The van der Waals surface area contributed by atoms with Crippen LogP contribution in [0.1, 0.15) is 51.4 Å². The van der Waals surface area contributed by atoms with Gasteiger partial charge in [-0.3, -0.25) is 4.79 Å². The van der Waals surface area contributed by atoms with Crippen LogP contribution in [-0.2, 0) is 4.79 Å². The Balaban J connectivity index is 1.90. The van der Waals surface area contributed by atoms with E-state index in [9.17, 15) is 9.90 Å². The maximum absolute atomic E-state index is 10.5. The summed E-state index contributed by atoms with van der Waals surface area (Å²) in [4.78, 5) is 10.5. The van der Waals surface area contributed by atoms with Gasteiger partial charge in [0.05, 0.1) is 5.60 Å². The number of carbonyl (C=O) groups is 1. The molecule has 3 nitrogen and oxygen atoms in total. The number of rotatable bonds is 3. The Kier molecular flexibility index (Phi) is 3.01. The summed E-state index contributed by atoms with van der Waals surface area (Å²) in [5, 5.41) is 18.9. The maximum Gasteiger partial charge on any atom is 0.303 e. The Bertz CT molecular complexity index is 251. The molecular formula is C12H20O3. The van der Waals surface area contributed by atoms with Crippen molar-refractivity contribution >= 4 is 5.97 Å². The smallest absolute Gasteiger partial charge is 0.303 e. The minimum Gasteiger partial charge on any atom is -0.481 e. The molecule has 3 atom stereocenters.